The van der Waals surface area contributed by atoms with Gasteiger partial charge in [-0.2, -0.15) is 5.10 Å². The number of carbonyl (C=O) groups excluding carboxylic acids is 1. The maximum atomic E-state index is 12.6. The number of hydrogen-bond acceptors (Lipinski definition) is 6. The summed E-state index contributed by atoms with van der Waals surface area (Å²) in [5.74, 6) is -0.199. The number of hydrogen-bond donors (Lipinski definition) is 1. The van der Waals surface area contributed by atoms with E-state index in [9.17, 15) is 14.4 Å². The molecule has 1 aromatic carbocycles. The van der Waals surface area contributed by atoms with Crippen molar-refractivity contribution in [3.05, 3.63) is 63.1 Å². The predicted octanol–water partition coefficient (Wildman–Crippen LogP) is 1.02. The van der Waals surface area contributed by atoms with Gasteiger partial charge in [0.05, 0.1) is 17.2 Å². The van der Waals surface area contributed by atoms with Crippen molar-refractivity contribution < 1.29 is 4.79 Å². The van der Waals surface area contributed by atoms with E-state index in [-0.39, 0.29) is 28.8 Å². The highest BCUT2D eigenvalue weighted by molar-refractivity contribution is 5.92. The fourth-order valence-electron chi connectivity index (χ4n) is 3.48. The quantitative estimate of drug-likeness (QED) is 0.711. The Morgan fingerprint density at radius 2 is 1.83 bits per heavy atom. The van der Waals surface area contributed by atoms with E-state index in [0.29, 0.717) is 37.1 Å². The third kappa shape index (κ3) is 3.63. The molecule has 9 heteroatoms. The third-order valence-electron chi connectivity index (χ3n) is 5.15. The van der Waals surface area contributed by atoms with Crippen LogP contribution in [0.2, 0.25) is 0 Å². The van der Waals surface area contributed by atoms with Crippen molar-refractivity contribution in [2.75, 3.05) is 31.1 Å². The van der Waals surface area contributed by atoms with Crippen LogP contribution in [0.5, 0.6) is 0 Å². The van der Waals surface area contributed by atoms with E-state index < -0.39 is 0 Å². The summed E-state index contributed by atoms with van der Waals surface area (Å²) in [4.78, 5) is 44.5. The van der Waals surface area contributed by atoms with E-state index in [1.54, 1.807) is 15.8 Å². The van der Waals surface area contributed by atoms with Crippen LogP contribution < -0.4 is 16.0 Å². The molecule has 0 radical (unpaired) electrons. The van der Waals surface area contributed by atoms with Crippen molar-refractivity contribution in [1.29, 1.82) is 0 Å². The van der Waals surface area contributed by atoms with Gasteiger partial charge in [-0.15, -0.1) is 0 Å². The molecule has 29 heavy (non-hydrogen) atoms. The fourth-order valence-corrected chi connectivity index (χ4v) is 3.48. The molecule has 1 aliphatic heterocycles. The predicted molar refractivity (Wildman–Crippen MR) is 109 cm³/mol. The number of H-pyrrole nitrogens is 1. The maximum absolute atomic E-state index is 12.6. The molecule has 3 aromatic rings. The standard InChI is InChI=1S/C20H22N6O3/c1-13(2)26-12-21-17-11-14(3-4-15(17)19(26)28)24-7-9-25(10-8-24)20(29)16-5-6-18(27)23-22-16/h3-6,11-13H,7-10H2,1-2H3,(H,23,27). The minimum Gasteiger partial charge on any atom is -0.368 e. The summed E-state index contributed by atoms with van der Waals surface area (Å²) in [5, 5.41) is 6.70. The van der Waals surface area contributed by atoms with E-state index >= 15 is 0 Å². The second-order valence-corrected chi connectivity index (χ2v) is 7.34. The molecule has 150 valence electrons. The van der Waals surface area contributed by atoms with Crippen molar-refractivity contribution >= 4 is 22.5 Å². The monoisotopic (exact) mass is 394 g/mol. The molecule has 2 aromatic heterocycles. The molecule has 1 saturated heterocycles. The van der Waals surface area contributed by atoms with Gasteiger partial charge >= 0.3 is 0 Å². The number of benzene rings is 1. The topological polar surface area (TPSA) is 104 Å². The second-order valence-electron chi connectivity index (χ2n) is 7.34. The summed E-state index contributed by atoms with van der Waals surface area (Å²) < 4.78 is 1.62. The van der Waals surface area contributed by atoms with Gasteiger partial charge in [0.15, 0.2) is 0 Å². The molecule has 0 bridgehead atoms. The van der Waals surface area contributed by atoms with Gasteiger partial charge in [0.1, 0.15) is 5.69 Å². The van der Waals surface area contributed by atoms with Gasteiger partial charge in [0.2, 0.25) is 0 Å². The van der Waals surface area contributed by atoms with Crippen LogP contribution in [0.15, 0.2) is 46.2 Å². The largest absolute Gasteiger partial charge is 0.368 e. The van der Waals surface area contributed by atoms with E-state index in [1.165, 1.54) is 12.1 Å². The van der Waals surface area contributed by atoms with Crippen LogP contribution in [0.4, 0.5) is 5.69 Å². The normalized spacial score (nSPS) is 14.6. The van der Waals surface area contributed by atoms with E-state index in [1.807, 2.05) is 32.0 Å². The molecule has 3 heterocycles. The highest BCUT2D eigenvalue weighted by Crippen LogP contribution is 2.21. The molecule has 4 rings (SSSR count). The first-order valence-electron chi connectivity index (χ1n) is 9.55. The highest BCUT2D eigenvalue weighted by Gasteiger charge is 2.23. The van der Waals surface area contributed by atoms with Gasteiger partial charge in [-0.1, -0.05) is 0 Å². The molecule has 0 unspecified atom stereocenters. The van der Waals surface area contributed by atoms with Gasteiger partial charge < -0.3 is 9.80 Å². The van der Waals surface area contributed by atoms with Crippen LogP contribution in [0.3, 0.4) is 0 Å². The summed E-state index contributed by atoms with van der Waals surface area (Å²) in [6.45, 7) is 6.30. The summed E-state index contributed by atoms with van der Waals surface area (Å²) in [6, 6.07) is 8.46. The van der Waals surface area contributed by atoms with Crippen molar-refractivity contribution in [3.8, 4) is 0 Å². The zero-order chi connectivity index (χ0) is 20.5. The van der Waals surface area contributed by atoms with Crippen molar-refractivity contribution in [1.82, 2.24) is 24.6 Å². The molecule has 9 nitrogen and oxygen atoms in total. The number of nitrogens with zero attached hydrogens (tertiary/aromatic N) is 5. The van der Waals surface area contributed by atoms with Gasteiger partial charge in [-0.25, -0.2) is 10.1 Å². The summed E-state index contributed by atoms with van der Waals surface area (Å²) in [7, 11) is 0. The van der Waals surface area contributed by atoms with Crippen LogP contribution in [-0.2, 0) is 0 Å². The third-order valence-corrected chi connectivity index (χ3v) is 5.15. The molecule has 1 amide bonds. The van der Waals surface area contributed by atoms with Crippen molar-refractivity contribution in [3.63, 3.8) is 0 Å². The van der Waals surface area contributed by atoms with Crippen LogP contribution in [0, 0.1) is 0 Å². The number of carbonyl (C=O) groups is 1. The molecule has 0 spiro atoms. The Kier molecular flexibility index (Phi) is 4.87. The van der Waals surface area contributed by atoms with E-state index in [2.05, 4.69) is 20.1 Å². The Labute approximate surface area is 166 Å². The highest BCUT2D eigenvalue weighted by atomic mass is 16.2. The average Bonchev–Trinajstić information content (AvgIpc) is 2.73. The Morgan fingerprint density at radius 1 is 1.07 bits per heavy atom. The molecule has 0 saturated carbocycles. The molecule has 1 N–H and O–H groups in total. The first kappa shape index (κ1) is 18.9. The number of anilines is 1. The lowest BCUT2D eigenvalue weighted by Crippen LogP contribution is -2.49. The number of nitrogens with one attached hydrogen (secondary N) is 1. The number of fused-ring (bicyclic) bond motifs is 1. The van der Waals surface area contributed by atoms with Gasteiger partial charge in [0.25, 0.3) is 17.0 Å². The number of amides is 1. The number of aromatic nitrogens is 4. The first-order valence-corrected chi connectivity index (χ1v) is 9.55. The molecule has 1 aliphatic rings. The Morgan fingerprint density at radius 3 is 2.48 bits per heavy atom. The van der Waals surface area contributed by atoms with Crippen LogP contribution in [0.25, 0.3) is 10.9 Å². The molecular formula is C20H22N6O3. The lowest BCUT2D eigenvalue weighted by molar-refractivity contribution is 0.0739. The van der Waals surface area contributed by atoms with Crippen molar-refractivity contribution in [2.24, 2.45) is 0 Å². The fraction of sp³-hybridized carbons (Fsp3) is 0.350. The van der Waals surface area contributed by atoms with Crippen molar-refractivity contribution in [2.45, 2.75) is 19.9 Å². The maximum Gasteiger partial charge on any atom is 0.274 e. The zero-order valence-electron chi connectivity index (χ0n) is 16.3. The zero-order valence-corrected chi connectivity index (χ0v) is 16.3. The van der Waals surface area contributed by atoms with E-state index in [0.717, 1.165) is 5.69 Å². The number of piperazine rings is 1. The molecule has 1 fully saturated rings. The Hall–Kier alpha value is -3.49. The summed E-state index contributed by atoms with van der Waals surface area (Å²) in [6.07, 6.45) is 1.59. The summed E-state index contributed by atoms with van der Waals surface area (Å²) in [5.41, 5.74) is 1.49. The Bertz CT molecular complexity index is 1150. The molecule has 0 atom stereocenters. The average molecular weight is 394 g/mol. The first-order chi connectivity index (χ1) is 13.9. The van der Waals surface area contributed by atoms with Gasteiger partial charge in [0, 0.05) is 44.0 Å². The molecule has 0 aliphatic carbocycles. The van der Waals surface area contributed by atoms with Crippen LogP contribution in [0.1, 0.15) is 30.4 Å². The minimum atomic E-state index is -0.337. The number of rotatable bonds is 3. The van der Waals surface area contributed by atoms with Gasteiger partial charge in [-0.3, -0.25) is 19.0 Å². The number of aromatic amines is 1. The van der Waals surface area contributed by atoms with Crippen LogP contribution in [-0.4, -0.2) is 56.7 Å². The smallest absolute Gasteiger partial charge is 0.274 e. The lowest BCUT2D eigenvalue weighted by Gasteiger charge is -2.36. The van der Waals surface area contributed by atoms with Crippen LogP contribution >= 0.6 is 0 Å². The van der Waals surface area contributed by atoms with E-state index in [4.69, 9.17) is 0 Å². The van der Waals surface area contributed by atoms with Gasteiger partial charge in [-0.05, 0) is 38.1 Å². The summed E-state index contributed by atoms with van der Waals surface area (Å²) >= 11 is 0. The molecular weight excluding hydrogens is 372 g/mol. The Balaban J connectivity index is 1.49. The second kappa shape index (κ2) is 7.50. The minimum absolute atomic E-state index is 0.0413. The SMILES string of the molecule is CC(C)n1cnc2cc(N3CCN(C(=O)c4ccc(=O)[nH]n4)CC3)ccc2c1=O. The lowest BCUT2D eigenvalue weighted by atomic mass is 10.2.